The van der Waals surface area contributed by atoms with Crippen LogP contribution in [-0.2, 0) is 6.42 Å². The summed E-state index contributed by atoms with van der Waals surface area (Å²) in [7, 11) is 0. The minimum Gasteiger partial charge on any atom is -0.467 e. The Labute approximate surface area is 122 Å². The molecule has 20 heavy (non-hydrogen) atoms. The lowest BCUT2D eigenvalue weighted by molar-refractivity contribution is 0.444. The Morgan fingerprint density at radius 1 is 1.30 bits per heavy atom. The van der Waals surface area contributed by atoms with Gasteiger partial charge in [0.05, 0.1) is 12.3 Å². The van der Waals surface area contributed by atoms with Crippen LogP contribution >= 0.6 is 11.6 Å². The molecule has 0 spiro atoms. The average molecular weight is 290 g/mol. The van der Waals surface area contributed by atoms with Gasteiger partial charge in [0.1, 0.15) is 17.1 Å². The van der Waals surface area contributed by atoms with Gasteiger partial charge in [0.15, 0.2) is 5.65 Å². The fourth-order valence-corrected chi connectivity index (χ4v) is 2.61. The minimum atomic E-state index is 0.0440. The number of furan rings is 1. The van der Waals surface area contributed by atoms with Gasteiger partial charge < -0.3 is 8.98 Å². The molecule has 0 saturated carbocycles. The van der Waals surface area contributed by atoms with Gasteiger partial charge in [-0.3, -0.25) is 0 Å². The zero-order valence-corrected chi connectivity index (χ0v) is 12.3. The molecule has 0 N–H and O–H groups in total. The molecular weight excluding hydrogens is 274 g/mol. The van der Waals surface area contributed by atoms with Crippen LogP contribution in [0.5, 0.6) is 0 Å². The number of hydrogen-bond donors (Lipinski definition) is 0. The largest absolute Gasteiger partial charge is 0.467 e. The molecule has 3 aromatic rings. The van der Waals surface area contributed by atoms with Crippen LogP contribution in [0, 0.1) is 6.92 Å². The van der Waals surface area contributed by atoms with Gasteiger partial charge in [0.2, 0.25) is 0 Å². The Morgan fingerprint density at radius 3 is 2.85 bits per heavy atom. The Bertz CT molecular complexity index is 718. The maximum Gasteiger partial charge on any atom is 0.160 e. The molecule has 0 saturated heterocycles. The number of hydrogen-bond acceptors (Lipinski definition) is 3. The molecule has 5 heteroatoms. The van der Waals surface area contributed by atoms with E-state index in [9.17, 15) is 0 Å². The number of imidazole rings is 1. The number of pyridine rings is 1. The van der Waals surface area contributed by atoms with E-state index in [2.05, 4.69) is 21.5 Å². The van der Waals surface area contributed by atoms with E-state index in [1.165, 1.54) is 0 Å². The predicted octanol–water partition coefficient (Wildman–Crippen LogP) is 3.72. The first-order valence-electron chi connectivity index (χ1n) is 6.64. The molecule has 0 aliphatic rings. The lowest BCUT2D eigenvalue weighted by Crippen LogP contribution is -2.11. The molecule has 3 heterocycles. The van der Waals surface area contributed by atoms with Crippen LogP contribution in [0.3, 0.4) is 0 Å². The molecule has 1 atom stereocenters. The van der Waals surface area contributed by atoms with E-state index in [0.29, 0.717) is 12.3 Å². The number of alkyl halides is 1. The SMILES string of the molecule is Cc1ccc2nc(CCCl)n(C(C)c3ccco3)c2n1. The molecular formula is C15H16ClN3O. The zero-order chi connectivity index (χ0) is 14.1. The van der Waals surface area contributed by atoms with Gasteiger partial charge in [-0.1, -0.05) is 0 Å². The van der Waals surface area contributed by atoms with Gasteiger partial charge in [-0.05, 0) is 38.1 Å². The van der Waals surface area contributed by atoms with E-state index in [0.717, 1.165) is 28.4 Å². The van der Waals surface area contributed by atoms with Gasteiger partial charge in [-0.2, -0.15) is 0 Å². The van der Waals surface area contributed by atoms with Crippen molar-refractivity contribution < 1.29 is 4.42 Å². The highest BCUT2D eigenvalue weighted by Crippen LogP contribution is 2.26. The molecule has 0 aromatic carbocycles. The Kier molecular flexibility index (Phi) is 3.49. The summed E-state index contributed by atoms with van der Waals surface area (Å²) in [5, 5.41) is 0. The molecule has 3 aromatic heterocycles. The molecule has 0 fully saturated rings. The van der Waals surface area contributed by atoms with E-state index in [1.807, 2.05) is 31.2 Å². The lowest BCUT2D eigenvalue weighted by atomic mass is 10.2. The van der Waals surface area contributed by atoms with Crippen molar-refractivity contribution in [3.63, 3.8) is 0 Å². The summed E-state index contributed by atoms with van der Waals surface area (Å²) >= 11 is 5.90. The molecule has 1 unspecified atom stereocenters. The number of aryl methyl sites for hydroxylation is 2. The molecule has 104 valence electrons. The van der Waals surface area contributed by atoms with Crippen LogP contribution in [0.25, 0.3) is 11.2 Å². The second-order valence-corrected chi connectivity index (χ2v) is 5.20. The summed E-state index contributed by atoms with van der Waals surface area (Å²) in [4.78, 5) is 9.27. The first-order chi connectivity index (χ1) is 9.70. The molecule has 0 bridgehead atoms. The summed E-state index contributed by atoms with van der Waals surface area (Å²) in [5.41, 5.74) is 2.76. The first-order valence-corrected chi connectivity index (χ1v) is 7.18. The summed E-state index contributed by atoms with van der Waals surface area (Å²) in [6, 6.07) is 7.88. The van der Waals surface area contributed by atoms with Crippen LogP contribution < -0.4 is 0 Å². The highest BCUT2D eigenvalue weighted by atomic mass is 35.5. The summed E-state index contributed by atoms with van der Waals surface area (Å²) in [6.45, 7) is 4.07. The number of nitrogens with zero attached hydrogens (tertiary/aromatic N) is 3. The number of fused-ring (bicyclic) bond motifs is 1. The van der Waals surface area contributed by atoms with Crippen molar-refractivity contribution in [3.05, 3.63) is 47.8 Å². The van der Waals surface area contributed by atoms with Crippen molar-refractivity contribution >= 4 is 22.8 Å². The van der Waals surface area contributed by atoms with Gasteiger partial charge in [-0.15, -0.1) is 11.6 Å². The van der Waals surface area contributed by atoms with Gasteiger partial charge in [-0.25, -0.2) is 9.97 Å². The summed E-state index contributed by atoms with van der Waals surface area (Å²) in [6.07, 6.45) is 2.40. The van der Waals surface area contributed by atoms with Crippen molar-refractivity contribution in [1.82, 2.24) is 14.5 Å². The Balaban J connectivity index is 2.19. The zero-order valence-electron chi connectivity index (χ0n) is 11.5. The topological polar surface area (TPSA) is 43.9 Å². The van der Waals surface area contributed by atoms with Gasteiger partial charge >= 0.3 is 0 Å². The van der Waals surface area contributed by atoms with Crippen LogP contribution in [-0.4, -0.2) is 20.4 Å². The third-order valence-electron chi connectivity index (χ3n) is 3.41. The second kappa shape index (κ2) is 5.29. The monoisotopic (exact) mass is 289 g/mol. The minimum absolute atomic E-state index is 0.0440. The van der Waals surface area contributed by atoms with Crippen molar-refractivity contribution in [2.45, 2.75) is 26.3 Å². The van der Waals surface area contributed by atoms with E-state index in [-0.39, 0.29) is 6.04 Å². The quantitative estimate of drug-likeness (QED) is 0.688. The van der Waals surface area contributed by atoms with Gasteiger partial charge in [0, 0.05) is 18.0 Å². The van der Waals surface area contributed by atoms with E-state index in [4.69, 9.17) is 16.0 Å². The fraction of sp³-hybridized carbons (Fsp3) is 0.333. The molecule has 0 aliphatic heterocycles. The van der Waals surface area contributed by atoms with Crippen molar-refractivity contribution in [2.75, 3.05) is 5.88 Å². The van der Waals surface area contributed by atoms with E-state index < -0.39 is 0 Å². The standard InChI is InChI=1S/C15H16ClN3O/c1-10-5-6-12-15(17-10)19(14(18-12)7-8-16)11(2)13-4-3-9-20-13/h3-6,9,11H,7-8H2,1-2H3. The normalized spacial score (nSPS) is 12.9. The Hall–Kier alpha value is -1.81. The van der Waals surface area contributed by atoms with Crippen LogP contribution in [0.15, 0.2) is 34.9 Å². The highest BCUT2D eigenvalue weighted by molar-refractivity contribution is 6.17. The third-order valence-corrected chi connectivity index (χ3v) is 3.60. The van der Waals surface area contributed by atoms with Crippen LogP contribution in [0.4, 0.5) is 0 Å². The smallest absolute Gasteiger partial charge is 0.160 e. The van der Waals surface area contributed by atoms with Crippen LogP contribution in [0.2, 0.25) is 0 Å². The molecule has 0 aliphatic carbocycles. The molecule has 4 nitrogen and oxygen atoms in total. The van der Waals surface area contributed by atoms with Crippen molar-refractivity contribution in [2.24, 2.45) is 0 Å². The molecule has 0 radical (unpaired) electrons. The number of aromatic nitrogens is 3. The maximum absolute atomic E-state index is 5.90. The molecule has 3 rings (SSSR count). The highest BCUT2D eigenvalue weighted by Gasteiger charge is 2.19. The van der Waals surface area contributed by atoms with Crippen molar-refractivity contribution in [3.8, 4) is 0 Å². The number of halogens is 1. The third kappa shape index (κ3) is 2.20. The predicted molar refractivity (Wildman–Crippen MR) is 79.2 cm³/mol. The van der Waals surface area contributed by atoms with Crippen molar-refractivity contribution in [1.29, 1.82) is 0 Å². The Morgan fingerprint density at radius 2 is 2.15 bits per heavy atom. The first kappa shape index (κ1) is 13.2. The lowest BCUT2D eigenvalue weighted by Gasteiger charge is -2.14. The van der Waals surface area contributed by atoms with Crippen LogP contribution in [0.1, 0.15) is 30.2 Å². The fourth-order valence-electron chi connectivity index (χ4n) is 2.44. The summed E-state index contributed by atoms with van der Waals surface area (Å²) in [5.74, 6) is 2.37. The van der Waals surface area contributed by atoms with E-state index in [1.54, 1.807) is 6.26 Å². The molecule has 0 amide bonds. The maximum atomic E-state index is 5.90. The van der Waals surface area contributed by atoms with E-state index >= 15 is 0 Å². The average Bonchev–Trinajstić information content (AvgIpc) is 3.05. The second-order valence-electron chi connectivity index (χ2n) is 4.82. The summed E-state index contributed by atoms with van der Waals surface area (Å²) < 4.78 is 7.64. The van der Waals surface area contributed by atoms with Gasteiger partial charge in [0.25, 0.3) is 0 Å². The number of rotatable bonds is 4.